The maximum atomic E-state index is 12.4. The standard InChI is InChI=1S/C19H27N5O2S2/c1-4-5-10-24-18-9-8-16(28(25,26)23(2)3)12-17(18)22-19(24)27-11-6-7-15-13-20-21-14-15/h8-9,12-14H,4-7,10-11H2,1-3H3,(H,20,21). The Bertz CT molecular complexity index is 1010. The Balaban J connectivity index is 1.82. The van der Waals surface area contributed by atoms with Crippen LogP contribution in [0.1, 0.15) is 31.7 Å². The Morgan fingerprint density at radius 1 is 1.25 bits per heavy atom. The Morgan fingerprint density at radius 3 is 2.75 bits per heavy atom. The minimum absolute atomic E-state index is 0.279. The van der Waals surface area contributed by atoms with Crippen LogP contribution in [-0.4, -0.2) is 52.3 Å². The van der Waals surface area contributed by atoms with Gasteiger partial charge in [-0.3, -0.25) is 5.10 Å². The van der Waals surface area contributed by atoms with E-state index in [1.54, 1.807) is 38.0 Å². The number of sulfonamides is 1. The second-order valence-electron chi connectivity index (χ2n) is 6.90. The normalized spacial score (nSPS) is 12.3. The Hall–Kier alpha value is -1.84. The number of unbranched alkanes of at least 4 members (excludes halogenated alkanes) is 1. The number of fused-ring (bicyclic) bond motifs is 1. The van der Waals surface area contributed by atoms with Crippen molar-refractivity contribution >= 4 is 32.8 Å². The summed E-state index contributed by atoms with van der Waals surface area (Å²) in [7, 11) is -0.382. The van der Waals surface area contributed by atoms with Crippen LogP contribution in [0.3, 0.4) is 0 Å². The molecule has 0 aliphatic rings. The summed E-state index contributed by atoms with van der Waals surface area (Å²) in [6.45, 7) is 3.05. The van der Waals surface area contributed by atoms with Crippen LogP contribution in [0.4, 0.5) is 0 Å². The van der Waals surface area contributed by atoms with Gasteiger partial charge < -0.3 is 4.57 Å². The fourth-order valence-corrected chi connectivity index (χ4v) is 4.86. The molecular formula is C19H27N5O2S2. The van der Waals surface area contributed by atoms with Gasteiger partial charge in [0.15, 0.2) is 5.16 Å². The van der Waals surface area contributed by atoms with Crippen molar-refractivity contribution in [3.8, 4) is 0 Å². The van der Waals surface area contributed by atoms with Gasteiger partial charge in [-0.1, -0.05) is 25.1 Å². The van der Waals surface area contributed by atoms with E-state index >= 15 is 0 Å². The summed E-state index contributed by atoms with van der Waals surface area (Å²) in [4.78, 5) is 5.04. The number of nitrogens with one attached hydrogen (secondary N) is 1. The molecule has 0 atom stereocenters. The molecule has 0 amide bonds. The zero-order valence-electron chi connectivity index (χ0n) is 16.6. The molecule has 28 heavy (non-hydrogen) atoms. The number of nitrogens with zero attached hydrogens (tertiary/aromatic N) is 4. The molecule has 0 aliphatic heterocycles. The molecule has 0 bridgehead atoms. The molecule has 2 aromatic heterocycles. The van der Waals surface area contributed by atoms with Gasteiger partial charge in [-0.15, -0.1) is 0 Å². The zero-order valence-corrected chi connectivity index (χ0v) is 18.2. The number of aromatic amines is 1. The van der Waals surface area contributed by atoms with E-state index in [0.717, 1.165) is 54.2 Å². The first-order chi connectivity index (χ1) is 13.4. The minimum Gasteiger partial charge on any atom is -0.319 e. The number of imidazole rings is 1. The molecule has 9 heteroatoms. The second kappa shape index (κ2) is 9.11. The Kier molecular flexibility index (Phi) is 6.79. The van der Waals surface area contributed by atoms with Gasteiger partial charge in [0.2, 0.25) is 10.0 Å². The summed E-state index contributed by atoms with van der Waals surface area (Å²) in [5, 5.41) is 7.77. The van der Waals surface area contributed by atoms with Crippen molar-refractivity contribution in [2.45, 2.75) is 49.2 Å². The third-order valence-electron chi connectivity index (χ3n) is 4.59. The molecule has 0 saturated heterocycles. The van der Waals surface area contributed by atoms with Crippen LogP contribution < -0.4 is 0 Å². The quantitative estimate of drug-likeness (QED) is 0.400. The number of hydrogen-bond acceptors (Lipinski definition) is 5. The highest BCUT2D eigenvalue weighted by Gasteiger charge is 2.19. The van der Waals surface area contributed by atoms with Crippen molar-refractivity contribution in [1.82, 2.24) is 24.1 Å². The molecular weight excluding hydrogens is 394 g/mol. The van der Waals surface area contributed by atoms with E-state index in [-0.39, 0.29) is 4.90 Å². The Morgan fingerprint density at radius 2 is 2.07 bits per heavy atom. The van der Waals surface area contributed by atoms with E-state index < -0.39 is 10.0 Å². The highest BCUT2D eigenvalue weighted by atomic mass is 32.2. The van der Waals surface area contributed by atoms with Gasteiger partial charge in [-0.2, -0.15) is 5.10 Å². The number of thioether (sulfide) groups is 1. The van der Waals surface area contributed by atoms with E-state index in [1.807, 2.05) is 18.5 Å². The van der Waals surface area contributed by atoms with Gasteiger partial charge in [0, 0.05) is 32.6 Å². The molecule has 1 N–H and O–H groups in total. The average Bonchev–Trinajstić information content (AvgIpc) is 3.30. The van der Waals surface area contributed by atoms with Crippen LogP contribution in [0, 0.1) is 0 Å². The molecule has 7 nitrogen and oxygen atoms in total. The second-order valence-corrected chi connectivity index (χ2v) is 10.1. The summed E-state index contributed by atoms with van der Waals surface area (Å²) >= 11 is 1.73. The summed E-state index contributed by atoms with van der Waals surface area (Å²) in [6, 6.07) is 5.24. The molecule has 152 valence electrons. The number of aryl methyl sites for hydroxylation is 2. The molecule has 2 heterocycles. The third-order valence-corrected chi connectivity index (χ3v) is 7.47. The summed E-state index contributed by atoms with van der Waals surface area (Å²) in [5.41, 5.74) is 2.93. The number of hydrogen-bond donors (Lipinski definition) is 1. The SMILES string of the molecule is CCCCn1c(SCCCc2cn[nH]c2)nc2cc(S(=O)(=O)N(C)C)ccc21. The van der Waals surface area contributed by atoms with Crippen molar-refractivity contribution in [2.75, 3.05) is 19.8 Å². The van der Waals surface area contributed by atoms with Crippen molar-refractivity contribution in [2.24, 2.45) is 0 Å². The molecule has 0 radical (unpaired) electrons. The molecule has 0 aliphatic carbocycles. The summed E-state index contributed by atoms with van der Waals surface area (Å²) in [6.07, 6.45) is 7.94. The van der Waals surface area contributed by atoms with Gasteiger partial charge >= 0.3 is 0 Å². The van der Waals surface area contributed by atoms with Gasteiger partial charge in [0.05, 0.1) is 22.1 Å². The first kappa shape index (κ1) is 20.9. The van der Waals surface area contributed by atoms with Crippen LogP contribution >= 0.6 is 11.8 Å². The smallest absolute Gasteiger partial charge is 0.242 e. The predicted molar refractivity (Wildman–Crippen MR) is 113 cm³/mol. The van der Waals surface area contributed by atoms with Crippen LogP contribution in [-0.2, 0) is 23.0 Å². The number of rotatable bonds is 10. The fourth-order valence-electron chi connectivity index (χ4n) is 2.96. The van der Waals surface area contributed by atoms with E-state index in [2.05, 4.69) is 21.7 Å². The predicted octanol–water partition coefficient (Wildman–Crippen LogP) is 3.53. The van der Waals surface area contributed by atoms with Crippen LogP contribution in [0.5, 0.6) is 0 Å². The van der Waals surface area contributed by atoms with E-state index in [4.69, 9.17) is 4.98 Å². The maximum absolute atomic E-state index is 12.4. The number of H-pyrrole nitrogens is 1. The zero-order chi connectivity index (χ0) is 20.1. The van der Waals surface area contributed by atoms with Crippen LogP contribution in [0.15, 0.2) is 40.6 Å². The van der Waals surface area contributed by atoms with Gasteiger partial charge in [0.25, 0.3) is 0 Å². The van der Waals surface area contributed by atoms with Crippen molar-refractivity contribution in [1.29, 1.82) is 0 Å². The lowest BCUT2D eigenvalue weighted by atomic mass is 10.2. The lowest BCUT2D eigenvalue weighted by Gasteiger charge is -2.11. The minimum atomic E-state index is -3.47. The molecule has 0 saturated carbocycles. The highest BCUT2D eigenvalue weighted by molar-refractivity contribution is 7.99. The lowest BCUT2D eigenvalue weighted by molar-refractivity contribution is 0.521. The highest BCUT2D eigenvalue weighted by Crippen LogP contribution is 2.28. The molecule has 0 fully saturated rings. The number of benzene rings is 1. The monoisotopic (exact) mass is 421 g/mol. The summed E-state index contributed by atoms with van der Waals surface area (Å²) in [5.74, 6) is 0.948. The third kappa shape index (κ3) is 4.59. The molecule has 1 aromatic carbocycles. The maximum Gasteiger partial charge on any atom is 0.242 e. The van der Waals surface area contributed by atoms with Crippen molar-refractivity contribution in [3.05, 3.63) is 36.2 Å². The Labute approximate surface area is 170 Å². The fraction of sp³-hybridized carbons (Fsp3) is 0.474. The van der Waals surface area contributed by atoms with E-state index in [1.165, 1.54) is 9.87 Å². The number of aromatic nitrogens is 4. The van der Waals surface area contributed by atoms with Crippen LogP contribution in [0.25, 0.3) is 11.0 Å². The summed E-state index contributed by atoms with van der Waals surface area (Å²) < 4.78 is 28.3. The molecule has 3 aromatic rings. The van der Waals surface area contributed by atoms with Gasteiger partial charge in [-0.05, 0) is 43.0 Å². The van der Waals surface area contributed by atoms with E-state index in [0.29, 0.717) is 0 Å². The lowest BCUT2D eigenvalue weighted by Crippen LogP contribution is -2.22. The first-order valence-electron chi connectivity index (χ1n) is 9.46. The molecule has 0 spiro atoms. The molecule has 0 unspecified atom stereocenters. The van der Waals surface area contributed by atoms with Gasteiger partial charge in [-0.25, -0.2) is 17.7 Å². The van der Waals surface area contributed by atoms with Crippen molar-refractivity contribution in [3.63, 3.8) is 0 Å². The van der Waals surface area contributed by atoms with E-state index in [9.17, 15) is 8.42 Å². The largest absolute Gasteiger partial charge is 0.319 e. The average molecular weight is 422 g/mol. The van der Waals surface area contributed by atoms with Crippen molar-refractivity contribution < 1.29 is 8.42 Å². The first-order valence-corrected chi connectivity index (χ1v) is 11.9. The molecule has 3 rings (SSSR count). The van der Waals surface area contributed by atoms with Crippen LogP contribution in [0.2, 0.25) is 0 Å². The topological polar surface area (TPSA) is 83.9 Å². The van der Waals surface area contributed by atoms with Gasteiger partial charge in [0.1, 0.15) is 0 Å².